The molecule has 1 aliphatic carbocycles. The number of nitrogens with zero attached hydrogens (tertiary/aromatic N) is 1. The summed E-state index contributed by atoms with van der Waals surface area (Å²) in [5.41, 5.74) is 6.82. The highest BCUT2D eigenvalue weighted by molar-refractivity contribution is 6.30. The number of nitrogens with one attached hydrogen (secondary N) is 1. The molecule has 1 aromatic heterocycles. The monoisotopic (exact) mass is 580 g/mol. The van der Waals surface area contributed by atoms with Crippen LogP contribution in [0, 0.1) is 11.3 Å². The number of fused-ring (bicyclic) bond motifs is 2. The lowest BCUT2D eigenvalue weighted by molar-refractivity contribution is -0.119. The van der Waals surface area contributed by atoms with Crippen molar-refractivity contribution in [2.24, 2.45) is 11.3 Å². The van der Waals surface area contributed by atoms with E-state index in [1.54, 1.807) is 0 Å². The van der Waals surface area contributed by atoms with E-state index in [4.69, 9.17) is 21.3 Å². The Labute approximate surface area is 253 Å². The van der Waals surface area contributed by atoms with E-state index in [0.29, 0.717) is 34.1 Å². The molecular weight excluding hydrogens is 544 g/mol. The van der Waals surface area contributed by atoms with Crippen molar-refractivity contribution in [2.45, 2.75) is 53.4 Å². The molecule has 0 spiro atoms. The molecule has 4 aromatic rings. The maximum atomic E-state index is 13.8. The number of allylic oxidation sites excluding steroid dienone is 1. The fourth-order valence-electron chi connectivity index (χ4n) is 5.48. The minimum absolute atomic E-state index is 0.00536. The average molecular weight is 581 g/mol. The highest BCUT2D eigenvalue weighted by atomic mass is 35.5. The molecule has 42 heavy (non-hydrogen) atoms. The summed E-state index contributed by atoms with van der Waals surface area (Å²) in [5, 5.41) is 4.24. The minimum atomic E-state index is -0.518. The molecule has 1 heterocycles. The number of pyridine rings is 1. The van der Waals surface area contributed by atoms with Gasteiger partial charge in [-0.15, -0.1) is 0 Å². The standard InChI is InChI=1S/C36H37ClN2O3/c1-22(2)24-12-16-28(17-13-24)38-32(40)21-42-35(41)33-29-8-6-7-9-31(29)39-34-25(18-23-10-14-27(37)15-11-23)19-26(20-30(33)34)36(3,4)5/h6-18,22,26H,19-21H2,1-5H3,(H,38,40)/b25-18-/t26-/m1/s1. The third-order valence-corrected chi connectivity index (χ3v) is 8.30. The molecule has 0 saturated heterocycles. The van der Waals surface area contributed by atoms with Crippen LogP contribution in [0.1, 0.15) is 79.7 Å². The molecule has 1 atom stereocenters. The van der Waals surface area contributed by atoms with E-state index in [1.807, 2.05) is 72.8 Å². The first-order valence-electron chi connectivity index (χ1n) is 14.4. The summed E-state index contributed by atoms with van der Waals surface area (Å²) in [6.07, 6.45) is 3.66. The lowest BCUT2D eigenvalue weighted by Gasteiger charge is -2.36. The SMILES string of the molecule is CC(C)c1ccc(NC(=O)COC(=O)c2c3c(nc4ccccc24)/C(=C\c2ccc(Cl)cc2)C[C@@H](C(C)(C)C)C3)cc1. The number of ether oxygens (including phenoxy) is 1. The van der Waals surface area contributed by atoms with Crippen molar-refractivity contribution in [3.05, 3.63) is 106 Å². The first kappa shape index (κ1) is 29.5. The van der Waals surface area contributed by atoms with Crippen LogP contribution in [0.5, 0.6) is 0 Å². The zero-order chi connectivity index (χ0) is 30.0. The first-order chi connectivity index (χ1) is 20.0. The van der Waals surface area contributed by atoms with Crippen LogP contribution in [0.3, 0.4) is 0 Å². The predicted octanol–water partition coefficient (Wildman–Crippen LogP) is 8.96. The first-order valence-corrected chi connectivity index (χ1v) is 14.8. The Bertz CT molecular complexity index is 1650. The molecule has 0 aliphatic heterocycles. The number of hydrogen-bond donors (Lipinski definition) is 1. The van der Waals surface area contributed by atoms with Crippen LogP contribution in [0.25, 0.3) is 22.6 Å². The molecule has 6 heteroatoms. The summed E-state index contributed by atoms with van der Waals surface area (Å²) in [6.45, 7) is 10.5. The fourth-order valence-corrected chi connectivity index (χ4v) is 5.61. The van der Waals surface area contributed by atoms with Crippen molar-refractivity contribution in [1.82, 2.24) is 4.98 Å². The minimum Gasteiger partial charge on any atom is -0.452 e. The van der Waals surface area contributed by atoms with Crippen LogP contribution in [-0.2, 0) is 16.0 Å². The number of esters is 1. The van der Waals surface area contributed by atoms with Gasteiger partial charge >= 0.3 is 5.97 Å². The quantitative estimate of drug-likeness (QED) is 0.231. The van der Waals surface area contributed by atoms with Crippen molar-refractivity contribution < 1.29 is 14.3 Å². The Hall–Kier alpha value is -3.96. The van der Waals surface area contributed by atoms with Gasteiger partial charge in [-0.1, -0.05) is 88.7 Å². The summed E-state index contributed by atoms with van der Waals surface area (Å²) in [6, 6.07) is 23.1. The van der Waals surface area contributed by atoms with Crippen LogP contribution in [0.4, 0.5) is 5.69 Å². The fraction of sp³-hybridized carbons (Fsp3) is 0.306. The molecule has 5 nitrogen and oxygen atoms in total. The number of amides is 1. The number of halogens is 1. The van der Waals surface area contributed by atoms with Crippen LogP contribution in [0.15, 0.2) is 72.8 Å². The van der Waals surface area contributed by atoms with E-state index in [0.717, 1.165) is 34.2 Å². The number of carbonyl (C=O) groups is 2. The van der Waals surface area contributed by atoms with Gasteiger partial charge in [0.05, 0.1) is 16.8 Å². The van der Waals surface area contributed by atoms with Gasteiger partial charge in [-0.3, -0.25) is 4.79 Å². The van der Waals surface area contributed by atoms with Crippen molar-refractivity contribution in [2.75, 3.05) is 11.9 Å². The third-order valence-electron chi connectivity index (χ3n) is 8.05. The second-order valence-electron chi connectivity index (χ2n) is 12.4. The van der Waals surface area contributed by atoms with E-state index in [2.05, 4.69) is 46.0 Å². The largest absolute Gasteiger partial charge is 0.452 e. The molecule has 0 saturated carbocycles. The van der Waals surface area contributed by atoms with Gasteiger partial charge in [0, 0.05) is 16.1 Å². The van der Waals surface area contributed by atoms with Gasteiger partial charge in [-0.25, -0.2) is 9.78 Å². The van der Waals surface area contributed by atoms with Gasteiger partial charge in [0.15, 0.2) is 6.61 Å². The highest BCUT2D eigenvalue weighted by Crippen LogP contribution is 2.45. The maximum Gasteiger partial charge on any atom is 0.339 e. The summed E-state index contributed by atoms with van der Waals surface area (Å²) in [4.78, 5) is 31.6. The third kappa shape index (κ3) is 6.57. The number of aromatic nitrogens is 1. The highest BCUT2D eigenvalue weighted by Gasteiger charge is 2.35. The molecule has 5 rings (SSSR count). The van der Waals surface area contributed by atoms with E-state index in [1.165, 1.54) is 5.56 Å². The van der Waals surface area contributed by atoms with Crippen LogP contribution >= 0.6 is 11.6 Å². The van der Waals surface area contributed by atoms with Gasteiger partial charge in [0.25, 0.3) is 5.91 Å². The second-order valence-corrected chi connectivity index (χ2v) is 12.9. The zero-order valence-corrected chi connectivity index (χ0v) is 25.6. The predicted molar refractivity (Wildman–Crippen MR) is 172 cm³/mol. The molecule has 1 N–H and O–H groups in total. The van der Waals surface area contributed by atoms with Crippen LogP contribution in [-0.4, -0.2) is 23.5 Å². The number of carbonyl (C=O) groups excluding carboxylic acids is 2. The Morgan fingerprint density at radius 1 is 1.00 bits per heavy atom. The Morgan fingerprint density at radius 3 is 2.36 bits per heavy atom. The Balaban J connectivity index is 1.49. The van der Waals surface area contributed by atoms with Crippen molar-refractivity contribution in [1.29, 1.82) is 0 Å². The van der Waals surface area contributed by atoms with E-state index >= 15 is 0 Å². The number of benzene rings is 3. The topological polar surface area (TPSA) is 68.3 Å². The zero-order valence-electron chi connectivity index (χ0n) is 24.8. The molecule has 0 radical (unpaired) electrons. The van der Waals surface area contributed by atoms with Gasteiger partial charge < -0.3 is 10.1 Å². The Morgan fingerprint density at radius 2 is 1.69 bits per heavy atom. The normalized spacial score (nSPS) is 16.0. The average Bonchev–Trinajstić information content (AvgIpc) is 2.95. The Kier molecular flexibility index (Phi) is 8.51. The van der Waals surface area contributed by atoms with Gasteiger partial charge in [0.1, 0.15) is 0 Å². The van der Waals surface area contributed by atoms with Crippen molar-refractivity contribution >= 4 is 51.7 Å². The molecule has 3 aromatic carbocycles. The van der Waals surface area contributed by atoms with Gasteiger partial charge in [-0.2, -0.15) is 0 Å². The van der Waals surface area contributed by atoms with E-state index in [-0.39, 0.29) is 23.8 Å². The number of para-hydroxylation sites is 1. The lowest BCUT2D eigenvalue weighted by Crippen LogP contribution is -2.29. The molecule has 0 unspecified atom stereocenters. The van der Waals surface area contributed by atoms with Crippen LogP contribution in [0.2, 0.25) is 5.02 Å². The number of anilines is 1. The summed E-state index contributed by atoms with van der Waals surface area (Å²) in [5.74, 6) is -0.231. The van der Waals surface area contributed by atoms with Crippen molar-refractivity contribution in [3.63, 3.8) is 0 Å². The summed E-state index contributed by atoms with van der Waals surface area (Å²) in [7, 11) is 0. The van der Waals surface area contributed by atoms with E-state index < -0.39 is 5.97 Å². The van der Waals surface area contributed by atoms with Crippen LogP contribution < -0.4 is 5.32 Å². The maximum absolute atomic E-state index is 13.8. The summed E-state index contributed by atoms with van der Waals surface area (Å²) < 4.78 is 5.67. The van der Waals surface area contributed by atoms with Gasteiger partial charge in [-0.05, 0) is 88.8 Å². The lowest BCUT2D eigenvalue weighted by atomic mass is 9.69. The number of hydrogen-bond acceptors (Lipinski definition) is 4. The molecule has 0 fully saturated rings. The van der Waals surface area contributed by atoms with E-state index in [9.17, 15) is 9.59 Å². The molecule has 216 valence electrons. The second kappa shape index (κ2) is 12.1. The smallest absolute Gasteiger partial charge is 0.339 e. The molecule has 1 amide bonds. The van der Waals surface area contributed by atoms with Crippen molar-refractivity contribution in [3.8, 4) is 0 Å². The molecular formula is C36H37ClN2O3. The number of rotatable bonds is 6. The van der Waals surface area contributed by atoms with Gasteiger partial charge in [0.2, 0.25) is 0 Å². The summed E-state index contributed by atoms with van der Waals surface area (Å²) >= 11 is 6.14. The molecule has 1 aliphatic rings. The molecule has 0 bridgehead atoms.